The number of nitriles is 1. The molecule has 0 atom stereocenters. The van der Waals surface area contributed by atoms with Crippen molar-refractivity contribution in [3.8, 4) is 28.9 Å². The lowest BCUT2D eigenvalue weighted by atomic mass is 10.1. The topological polar surface area (TPSA) is 63.7 Å². The number of aromatic nitrogens is 3. The van der Waals surface area contributed by atoms with Crippen LogP contribution in [0.25, 0.3) is 17.1 Å². The van der Waals surface area contributed by atoms with E-state index in [9.17, 15) is 13.2 Å². The first kappa shape index (κ1) is 16.5. The molecule has 8 heteroatoms. The van der Waals surface area contributed by atoms with Crippen molar-refractivity contribution in [2.75, 3.05) is 7.11 Å². The van der Waals surface area contributed by atoms with E-state index in [0.29, 0.717) is 22.6 Å². The van der Waals surface area contributed by atoms with Crippen molar-refractivity contribution in [1.82, 2.24) is 14.8 Å². The Kier molecular flexibility index (Phi) is 4.15. The molecule has 3 aromatic rings. The van der Waals surface area contributed by atoms with Crippen LogP contribution >= 0.6 is 0 Å². The number of rotatable bonds is 3. The first-order chi connectivity index (χ1) is 11.9. The van der Waals surface area contributed by atoms with Crippen LogP contribution in [0.4, 0.5) is 13.2 Å². The van der Waals surface area contributed by atoms with Gasteiger partial charge in [-0.25, -0.2) is 9.67 Å². The quantitative estimate of drug-likeness (QED) is 0.724. The predicted octanol–water partition coefficient (Wildman–Crippen LogP) is 3.83. The van der Waals surface area contributed by atoms with Crippen LogP contribution in [0.1, 0.15) is 11.4 Å². The van der Waals surface area contributed by atoms with Crippen LogP contribution in [0.5, 0.6) is 5.75 Å². The summed E-state index contributed by atoms with van der Waals surface area (Å²) >= 11 is 0. The third-order valence-electron chi connectivity index (χ3n) is 3.45. The summed E-state index contributed by atoms with van der Waals surface area (Å²) in [7, 11) is 1.49. The smallest absolute Gasteiger partial charge is 0.453 e. The van der Waals surface area contributed by atoms with Crippen molar-refractivity contribution in [3.05, 3.63) is 59.9 Å². The molecule has 0 aliphatic heterocycles. The first-order valence-electron chi connectivity index (χ1n) is 7.11. The maximum atomic E-state index is 13.0. The first-order valence-corrected chi connectivity index (χ1v) is 7.11. The molecule has 0 radical (unpaired) electrons. The Morgan fingerprint density at radius 1 is 1.04 bits per heavy atom. The number of ether oxygens (including phenoxy) is 1. The number of hydrogen-bond acceptors (Lipinski definition) is 4. The number of methoxy groups -OCH3 is 1. The van der Waals surface area contributed by atoms with Gasteiger partial charge in [-0.1, -0.05) is 0 Å². The average molecular weight is 344 g/mol. The summed E-state index contributed by atoms with van der Waals surface area (Å²) < 4.78 is 45.3. The van der Waals surface area contributed by atoms with E-state index in [1.807, 2.05) is 6.07 Å². The van der Waals surface area contributed by atoms with Crippen LogP contribution in [0.2, 0.25) is 0 Å². The molecular formula is C17H11F3N4O. The normalized spacial score (nSPS) is 11.2. The van der Waals surface area contributed by atoms with Gasteiger partial charge in [0.05, 0.1) is 24.4 Å². The molecular weight excluding hydrogens is 333 g/mol. The number of alkyl halides is 3. The Bertz CT molecular complexity index is 923. The Balaban J connectivity index is 2.14. The minimum Gasteiger partial charge on any atom is -0.497 e. The summed E-state index contributed by atoms with van der Waals surface area (Å²) in [6.45, 7) is 0. The van der Waals surface area contributed by atoms with E-state index in [1.165, 1.54) is 31.4 Å². The molecule has 0 aliphatic carbocycles. The summed E-state index contributed by atoms with van der Waals surface area (Å²) in [4.78, 5) is 3.64. The molecule has 25 heavy (non-hydrogen) atoms. The number of halogens is 3. The SMILES string of the molecule is COc1ccc(-n2nc(C(F)(F)F)nc2-c2ccc(C#N)cc2)cc1. The highest BCUT2D eigenvalue weighted by molar-refractivity contribution is 5.59. The van der Waals surface area contributed by atoms with E-state index in [1.54, 1.807) is 24.3 Å². The summed E-state index contributed by atoms with van der Waals surface area (Å²) in [5.41, 5.74) is 1.22. The van der Waals surface area contributed by atoms with Gasteiger partial charge < -0.3 is 4.74 Å². The molecule has 5 nitrogen and oxygen atoms in total. The van der Waals surface area contributed by atoms with Crippen molar-refractivity contribution < 1.29 is 17.9 Å². The lowest BCUT2D eigenvalue weighted by molar-refractivity contribution is -0.144. The monoisotopic (exact) mass is 344 g/mol. The highest BCUT2D eigenvalue weighted by Gasteiger charge is 2.37. The Hall–Kier alpha value is -3.34. The van der Waals surface area contributed by atoms with E-state index in [4.69, 9.17) is 10.00 Å². The van der Waals surface area contributed by atoms with Gasteiger partial charge >= 0.3 is 6.18 Å². The van der Waals surface area contributed by atoms with Gasteiger partial charge in [0.2, 0.25) is 0 Å². The lowest BCUT2D eigenvalue weighted by Crippen LogP contribution is -2.08. The highest BCUT2D eigenvalue weighted by atomic mass is 19.4. The maximum absolute atomic E-state index is 13.0. The Morgan fingerprint density at radius 3 is 2.20 bits per heavy atom. The van der Waals surface area contributed by atoms with Gasteiger partial charge in [-0.05, 0) is 48.5 Å². The zero-order valence-electron chi connectivity index (χ0n) is 12.9. The highest BCUT2D eigenvalue weighted by Crippen LogP contribution is 2.30. The largest absolute Gasteiger partial charge is 0.497 e. The third kappa shape index (κ3) is 3.30. The minimum atomic E-state index is -4.67. The molecule has 0 fully saturated rings. The molecule has 2 aromatic carbocycles. The molecule has 0 aliphatic rings. The molecule has 0 bridgehead atoms. The summed E-state index contributed by atoms with van der Waals surface area (Å²) in [5, 5.41) is 12.4. The van der Waals surface area contributed by atoms with Crippen molar-refractivity contribution in [1.29, 1.82) is 5.26 Å². The molecule has 0 saturated carbocycles. The molecule has 0 spiro atoms. The van der Waals surface area contributed by atoms with E-state index in [-0.39, 0.29) is 5.82 Å². The second kappa shape index (κ2) is 6.28. The molecule has 0 N–H and O–H groups in total. The lowest BCUT2D eigenvalue weighted by Gasteiger charge is -2.07. The van der Waals surface area contributed by atoms with Crippen LogP contribution in [-0.4, -0.2) is 21.9 Å². The van der Waals surface area contributed by atoms with Gasteiger partial charge in [0.15, 0.2) is 5.82 Å². The third-order valence-corrected chi connectivity index (χ3v) is 3.45. The van der Waals surface area contributed by atoms with Crippen LogP contribution in [0.3, 0.4) is 0 Å². The van der Waals surface area contributed by atoms with Gasteiger partial charge in [0, 0.05) is 5.56 Å². The molecule has 0 saturated heterocycles. The zero-order valence-corrected chi connectivity index (χ0v) is 12.9. The van der Waals surface area contributed by atoms with Crippen LogP contribution in [0, 0.1) is 11.3 Å². The zero-order chi connectivity index (χ0) is 18.0. The van der Waals surface area contributed by atoms with E-state index >= 15 is 0 Å². The van der Waals surface area contributed by atoms with Gasteiger partial charge in [0.1, 0.15) is 5.75 Å². The molecule has 126 valence electrons. The summed E-state index contributed by atoms with van der Waals surface area (Å²) in [6.07, 6.45) is -4.67. The summed E-state index contributed by atoms with van der Waals surface area (Å²) in [6, 6.07) is 14.4. The number of benzene rings is 2. The van der Waals surface area contributed by atoms with Gasteiger partial charge in [-0.3, -0.25) is 0 Å². The molecule has 0 amide bonds. The van der Waals surface area contributed by atoms with Gasteiger partial charge in [0.25, 0.3) is 5.82 Å². The van der Waals surface area contributed by atoms with Crippen molar-refractivity contribution in [3.63, 3.8) is 0 Å². The molecule has 3 rings (SSSR count). The average Bonchev–Trinajstić information content (AvgIpc) is 3.07. The van der Waals surface area contributed by atoms with Crippen LogP contribution in [0.15, 0.2) is 48.5 Å². The van der Waals surface area contributed by atoms with Crippen molar-refractivity contribution in [2.24, 2.45) is 0 Å². The second-order valence-corrected chi connectivity index (χ2v) is 5.06. The molecule has 1 aromatic heterocycles. The van der Waals surface area contributed by atoms with Crippen LogP contribution in [-0.2, 0) is 6.18 Å². The molecule has 1 heterocycles. The van der Waals surface area contributed by atoms with E-state index in [2.05, 4.69) is 10.1 Å². The number of nitrogens with zero attached hydrogens (tertiary/aromatic N) is 4. The van der Waals surface area contributed by atoms with Crippen molar-refractivity contribution in [2.45, 2.75) is 6.18 Å². The Labute approximate surface area is 140 Å². The maximum Gasteiger partial charge on any atom is 0.453 e. The number of hydrogen-bond donors (Lipinski definition) is 0. The van der Waals surface area contributed by atoms with E-state index < -0.39 is 12.0 Å². The predicted molar refractivity (Wildman–Crippen MR) is 83.1 cm³/mol. The standard InChI is InChI=1S/C17H11F3N4O/c1-25-14-8-6-13(7-9-14)24-15(22-16(23-24)17(18,19)20)12-4-2-11(10-21)3-5-12/h2-9H,1H3. The van der Waals surface area contributed by atoms with Crippen molar-refractivity contribution >= 4 is 0 Å². The Morgan fingerprint density at radius 2 is 1.68 bits per heavy atom. The second-order valence-electron chi connectivity index (χ2n) is 5.06. The van der Waals surface area contributed by atoms with E-state index in [0.717, 1.165) is 4.68 Å². The fourth-order valence-corrected chi connectivity index (χ4v) is 2.22. The van der Waals surface area contributed by atoms with Gasteiger partial charge in [-0.15, -0.1) is 5.10 Å². The fourth-order valence-electron chi connectivity index (χ4n) is 2.22. The fraction of sp³-hybridized carbons (Fsp3) is 0.118. The minimum absolute atomic E-state index is 0.0296. The summed E-state index contributed by atoms with van der Waals surface area (Å²) in [5.74, 6) is -0.635. The molecule has 0 unspecified atom stereocenters. The van der Waals surface area contributed by atoms with Gasteiger partial charge in [-0.2, -0.15) is 18.4 Å². The van der Waals surface area contributed by atoms with Crippen LogP contribution < -0.4 is 4.74 Å².